The molecule has 1 aromatic rings. The average molecular weight is 376 g/mol. The van der Waals surface area contributed by atoms with Gasteiger partial charge in [-0.15, -0.1) is 12.4 Å². The molecule has 1 aromatic heterocycles. The van der Waals surface area contributed by atoms with E-state index in [4.69, 9.17) is 22.1 Å². The van der Waals surface area contributed by atoms with E-state index in [2.05, 4.69) is 10.3 Å². The number of nitrogens with one attached hydrogen (secondary N) is 1. The molecule has 0 saturated heterocycles. The average Bonchev–Trinajstić information content (AvgIpc) is 2.43. The zero-order chi connectivity index (χ0) is 16.8. The summed E-state index contributed by atoms with van der Waals surface area (Å²) in [5, 5.41) is 2.31. The summed E-state index contributed by atoms with van der Waals surface area (Å²) in [7, 11) is 0. The molecule has 10 heteroatoms. The van der Waals surface area contributed by atoms with E-state index in [-0.39, 0.29) is 42.4 Å². The number of carbonyl (C=O) groups excluding carboxylic acids is 1. The Hall–Kier alpha value is -1.25. The van der Waals surface area contributed by atoms with Crippen LogP contribution in [0.5, 0.6) is 5.88 Å². The van der Waals surface area contributed by atoms with Crippen molar-refractivity contribution in [1.29, 1.82) is 0 Å². The molecule has 0 bridgehead atoms. The first-order valence-corrected chi connectivity index (χ1v) is 7.02. The Morgan fingerprint density at radius 1 is 1.52 bits per heavy atom. The molecule has 1 atom stereocenters. The molecule has 0 aromatic carbocycles. The highest BCUT2D eigenvalue weighted by molar-refractivity contribution is 6.31. The van der Waals surface area contributed by atoms with Gasteiger partial charge in [-0.2, -0.15) is 13.2 Å². The van der Waals surface area contributed by atoms with Gasteiger partial charge in [0.25, 0.3) is 0 Å². The lowest BCUT2D eigenvalue weighted by molar-refractivity contribution is -0.137. The fraction of sp³-hybridized carbons (Fsp3) is 0.538. The lowest BCUT2D eigenvalue weighted by Crippen LogP contribution is -2.41. The largest absolute Gasteiger partial charge is 0.475 e. The molecule has 1 heterocycles. The van der Waals surface area contributed by atoms with Crippen molar-refractivity contribution >= 4 is 29.9 Å². The first-order valence-electron chi connectivity index (χ1n) is 6.64. The van der Waals surface area contributed by atoms with E-state index in [9.17, 15) is 18.0 Å². The predicted octanol–water partition coefficient (Wildman–Crippen LogP) is 2.80. The fourth-order valence-electron chi connectivity index (χ4n) is 1.58. The molecule has 0 radical (unpaired) electrons. The van der Waals surface area contributed by atoms with Crippen LogP contribution in [0.15, 0.2) is 12.3 Å². The highest BCUT2D eigenvalue weighted by Gasteiger charge is 2.31. The number of alkyl halides is 3. The SMILES string of the molecule is CCCC(N)C(=O)NCCOc1ncc(C(F)(F)F)cc1Cl.Cl. The quantitative estimate of drug-likeness (QED) is 0.718. The van der Waals surface area contributed by atoms with Gasteiger partial charge in [-0.3, -0.25) is 4.79 Å². The van der Waals surface area contributed by atoms with E-state index in [1.54, 1.807) is 0 Å². The van der Waals surface area contributed by atoms with E-state index in [0.29, 0.717) is 12.6 Å². The molecule has 0 aliphatic heterocycles. The summed E-state index contributed by atoms with van der Waals surface area (Å²) in [4.78, 5) is 15.0. The van der Waals surface area contributed by atoms with Gasteiger partial charge in [0.05, 0.1) is 18.2 Å². The Morgan fingerprint density at radius 3 is 2.70 bits per heavy atom. The van der Waals surface area contributed by atoms with Crippen LogP contribution in [0.3, 0.4) is 0 Å². The van der Waals surface area contributed by atoms with Crippen LogP contribution in [0.2, 0.25) is 5.02 Å². The maximum atomic E-state index is 12.4. The van der Waals surface area contributed by atoms with E-state index >= 15 is 0 Å². The van der Waals surface area contributed by atoms with Crippen molar-refractivity contribution in [2.24, 2.45) is 5.73 Å². The van der Waals surface area contributed by atoms with Crippen LogP contribution in [0.4, 0.5) is 13.2 Å². The van der Waals surface area contributed by atoms with Crippen molar-refractivity contribution in [3.8, 4) is 5.88 Å². The van der Waals surface area contributed by atoms with Gasteiger partial charge in [0.15, 0.2) is 0 Å². The summed E-state index contributed by atoms with van der Waals surface area (Å²) in [5.41, 5.74) is 4.65. The molecule has 1 unspecified atom stereocenters. The second-order valence-corrected chi connectivity index (χ2v) is 4.95. The number of aromatic nitrogens is 1. The van der Waals surface area contributed by atoms with Crippen molar-refractivity contribution in [2.75, 3.05) is 13.2 Å². The third-order valence-corrected chi connectivity index (χ3v) is 2.98. The highest BCUT2D eigenvalue weighted by Crippen LogP contribution is 2.32. The molecule has 0 aliphatic rings. The number of halogens is 5. The summed E-state index contributed by atoms with van der Waals surface area (Å²) >= 11 is 5.67. The summed E-state index contributed by atoms with van der Waals surface area (Å²) in [5.74, 6) is -0.432. The number of hydrogen-bond acceptors (Lipinski definition) is 4. The van der Waals surface area contributed by atoms with Crippen LogP contribution in [0, 0.1) is 0 Å². The zero-order valence-corrected chi connectivity index (χ0v) is 13.9. The van der Waals surface area contributed by atoms with Gasteiger partial charge in [0.2, 0.25) is 11.8 Å². The van der Waals surface area contributed by atoms with Gasteiger partial charge in [-0.05, 0) is 12.5 Å². The van der Waals surface area contributed by atoms with Crippen LogP contribution in [0.1, 0.15) is 25.3 Å². The van der Waals surface area contributed by atoms with E-state index in [0.717, 1.165) is 12.5 Å². The molecule has 0 fully saturated rings. The molecule has 132 valence electrons. The molecular weight excluding hydrogens is 358 g/mol. The topological polar surface area (TPSA) is 77.2 Å². The maximum Gasteiger partial charge on any atom is 0.417 e. The van der Waals surface area contributed by atoms with Crippen molar-refractivity contribution in [3.63, 3.8) is 0 Å². The fourth-order valence-corrected chi connectivity index (χ4v) is 1.80. The number of carbonyl (C=O) groups is 1. The Balaban J connectivity index is 0.00000484. The van der Waals surface area contributed by atoms with Crippen LogP contribution in [0.25, 0.3) is 0 Å². The third-order valence-electron chi connectivity index (χ3n) is 2.71. The second kappa shape index (κ2) is 9.79. The molecule has 0 spiro atoms. The normalized spacial score (nSPS) is 12.3. The molecule has 23 heavy (non-hydrogen) atoms. The number of ether oxygens (including phenoxy) is 1. The van der Waals surface area contributed by atoms with Crippen molar-refractivity contribution in [2.45, 2.75) is 32.0 Å². The molecule has 3 N–H and O–H groups in total. The van der Waals surface area contributed by atoms with Gasteiger partial charge >= 0.3 is 6.18 Å². The number of rotatable bonds is 7. The minimum Gasteiger partial charge on any atom is -0.475 e. The monoisotopic (exact) mass is 375 g/mol. The number of amides is 1. The standard InChI is InChI=1S/C13H17ClF3N3O2.ClH/c1-2-3-10(18)11(21)19-4-5-22-12-9(14)6-8(7-20-12)13(15,16)17;/h6-7,10H,2-5,18H2,1H3,(H,19,21);1H. The number of pyridine rings is 1. The molecule has 0 aliphatic carbocycles. The highest BCUT2D eigenvalue weighted by atomic mass is 35.5. The van der Waals surface area contributed by atoms with Crippen molar-refractivity contribution in [1.82, 2.24) is 10.3 Å². The van der Waals surface area contributed by atoms with Gasteiger partial charge in [-0.25, -0.2) is 4.98 Å². The van der Waals surface area contributed by atoms with Crippen LogP contribution in [-0.2, 0) is 11.0 Å². The van der Waals surface area contributed by atoms with Crippen LogP contribution >= 0.6 is 24.0 Å². The second-order valence-electron chi connectivity index (χ2n) is 4.54. The molecule has 0 saturated carbocycles. The molecule has 1 rings (SSSR count). The third kappa shape index (κ3) is 7.24. The maximum absolute atomic E-state index is 12.4. The van der Waals surface area contributed by atoms with Crippen LogP contribution < -0.4 is 15.8 Å². The minimum atomic E-state index is -4.52. The zero-order valence-electron chi connectivity index (χ0n) is 12.3. The summed E-state index contributed by atoms with van der Waals surface area (Å²) < 4.78 is 42.4. The summed E-state index contributed by atoms with van der Waals surface area (Å²) in [6.45, 7) is 2.08. The predicted molar refractivity (Wildman–Crippen MR) is 82.9 cm³/mol. The van der Waals surface area contributed by atoms with Gasteiger partial charge in [0, 0.05) is 6.20 Å². The van der Waals surface area contributed by atoms with E-state index in [1.165, 1.54) is 0 Å². The molecular formula is C13H18Cl2F3N3O2. The van der Waals surface area contributed by atoms with Gasteiger partial charge < -0.3 is 15.8 Å². The van der Waals surface area contributed by atoms with E-state index < -0.39 is 17.8 Å². The molecule has 5 nitrogen and oxygen atoms in total. The van der Waals surface area contributed by atoms with Crippen molar-refractivity contribution < 1.29 is 22.7 Å². The number of hydrogen-bond donors (Lipinski definition) is 2. The summed E-state index contributed by atoms with van der Waals surface area (Å²) in [6, 6.07) is 0.150. The number of nitrogens with two attached hydrogens (primary N) is 1. The Bertz CT molecular complexity index is 516. The Labute approximate surface area is 143 Å². The Kier molecular flexibility index (Phi) is 9.26. The Morgan fingerprint density at radius 2 is 2.17 bits per heavy atom. The molecule has 1 amide bonds. The van der Waals surface area contributed by atoms with Crippen LogP contribution in [-0.4, -0.2) is 30.1 Å². The van der Waals surface area contributed by atoms with Gasteiger partial charge in [-0.1, -0.05) is 24.9 Å². The van der Waals surface area contributed by atoms with E-state index in [1.807, 2.05) is 6.92 Å². The first-order chi connectivity index (χ1) is 10.3. The lowest BCUT2D eigenvalue weighted by atomic mass is 10.2. The smallest absolute Gasteiger partial charge is 0.417 e. The first kappa shape index (κ1) is 21.8. The number of nitrogens with zero attached hydrogens (tertiary/aromatic N) is 1. The van der Waals surface area contributed by atoms with Crippen molar-refractivity contribution in [3.05, 3.63) is 22.8 Å². The summed E-state index contributed by atoms with van der Waals surface area (Å²) in [6.07, 6.45) is -2.52. The van der Waals surface area contributed by atoms with Gasteiger partial charge in [0.1, 0.15) is 11.6 Å². The lowest BCUT2D eigenvalue weighted by Gasteiger charge is -2.12. The minimum absolute atomic E-state index is 0.